The Bertz CT molecular complexity index is 425. The third-order valence-corrected chi connectivity index (χ3v) is 2.91. The van der Waals surface area contributed by atoms with Crippen molar-refractivity contribution in [2.24, 2.45) is 5.73 Å². The van der Waals surface area contributed by atoms with Crippen molar-refractivity contribution >= 4 is 34.8 Å². The largest absolute Gasteiger partial charge is 0.322 e. The van der Waals surface area contributed by atoms with Crippen LogP contribution in [0.1, 0.15) is 19.4 Å². The van der Waals surface area contributed by atoms with E-state index < -0.39 is 5.54 Å². The SMILES string of the molecule is Cc1ccc(Cl)c(NC(=O)C(C)(C)N)c1Cl. The molecule has 0 bridgehead atoms. The quantitative estimate of drug-likeness (QED) is 0.859. The summed E-state index contributed by atoms with van der Waals surface area (Å²) in [6.07, 6.45) is 0. The van der Waals surface area contributed by atoms with Crippen molar-refractivity contribution in [2.75, 3.05) is 5.32 Å². The molecule has 5 heteroatoms. The fraction of sp³-hybridized carbons (Fsp3) is 0.364. The summed E-state index contributed by atoms with van der Waals surface area (Å²) in [6, 6.07) is 3.47. The summed E-state index contributed by atoms with van der Waals surface area (Å²) in [5.41, 5.74) is 5.94. The third kappa shape index (κ3) is 2.88. The molecular weight excluding hydrogens is 247 g/mol. The van der Waals surface area contributed by atoms with Crippen LogP contribution in [0.4, 0.5) is 5.69 Å². The highest BCUT2D eigenvalue weighted by Crippen LogP contribution is 2.33. The first-order chi connectivity index (χ1) is 7.23. The fourth-order valence-electron chi connectivity index (χ4n) is 1.05. The van der Waals surface area contributed by atoms with Crippen molar-refractivity contribution in [1.82, 2.24) is 0 Å². The number of rotatable bonds is 2. The summed E-state index contributed by atoms with van der Waals surface area (Å²) >= 11 is 12.0. The molecule has 1 aromatic rings. The molecule has 0 aliphatic carbocycles. The minimum absolute atomic E-state index is 0.332. The molecule has 0 aromatic heterocycles. The lowest BCUT2D eigenvalue weighted by Gasteiger charge is -2.19. The van der Waals surface area contributed by atoms with E-state index in [1.165, 1.54) is 0 Å². The van der Waals surface area contributed by atoms with Gasteiger partial charge in [0.15, 0.2) is 0 Å². The Kier molecular flexibility index (Phi) is 3.84. The molecule has 0 aliphatic heterocycles. The van der Waals surface area contributed by atoms with Gasteiger partial charge in [0.1, 0.15) is 0 Å². The van der Waals surface area contributed by atoms with Crippen LogP contribution < -0.4 is 11.1 Å². The Morgan fingerprint density at radius 3 is 2.44 bits per heavy atom. The number of hydrogen-bond donors (Lipinski definition) is 2. The maximum absolute atomic E-state index is 11.7. The summed E-state index contributed by atoms with van der Waals surface area (Å²) < 4.78 is 0. The minimum atomic E-state index is -0.976. The van der Waals surface area contributed by atoms with E-state index in [2.05, 4.69) is 5.32 Å². The number of nitrogens with one attached hydrogen (secondary N) is 1. The summed E-state index contributed by atoms with van der Waals surface area (Å²) in [6.45, 7) is 5.06. The van der Waals surface area contributed by atoms with E-state index in [0.29, 0.717) is 15.7 Å². The lowest BCUT2D eigenvalue weighted by Crippen LogP contribution is -2.45. The lowest BCUT2D eigenvalue weighted by molar-refractivity contribution is -0.120. The molecular formula is C11H14Cl2N2O. The molecule has 0 saturated carbocycles. The topological polar surface area (TPSA) is 55.1 Å². The highest BCUT2D eigenvalue weighted by Gasteiger charge is 2.23. The van der Waals surface area contributed by atoms with Crippen LogP contribution in [0.5, 0.6) is 0 Å². The molecule has 1 rings (SSSR count). The molecule has 0 radical (unpaired) electrons. The van der Waals surface area contributed by atoms with E-state index in [4.69, 9.17) is 28.9 Å². The first kappa shape index (κ1) is 13.3. The molecule has 0 unspecified atom stereocenters. The van der Waals surface area contributed by atoms with Gasteiger partial charge in [0.25, 0.3) is 0 Å². The van der Waals surface area contributed by atoms with Crippen molar-refractivity contribution in [1.29, 1.82) is 0 Å². The summed E-state index contributed by atoms with van der Waals surface area (Å²) in [5, 5.41) is 3.46. The van der Waals surface area contributed by atoms with Gasteiger partial charge in [0.2, 0.25) is 5.91 Å². The van der Waals surface area contributed by atoms with Crippen molar-refractivity contribution in [2.45, 2.75) is 26.3 Å². The zero-order valence-corrected chi connectivity index (χ0v) is 10.9. The van der Waals surface area contributed by atoms with Gasteiger partial charge in [-0.3, -0.25) is 4.79 Å². The van der Waals surface area contributed by atoms with Crippen molar-refractivity contribution in [3.8, 4) is 0 Å². The smallest absolute Gasteiger partial charge is 0.243 e. The van der Waals surface area contributed by atoms with Crippen LogP contribution in [0.15, 0.2) is 12.1 Å². The molecule has 1 amide bonds. The Labute approximate surface area is 105 Å². The number of anilines is 1. The van der Waals surface area contributed by atoms with Gasteiger partial charge in [-0.15, -0.1) is 0 Å². The van der Waals surface area contributed by atoms with Crippen LogP contribution in [-0.2, 0) is 4.79 Å². The van der Waals surface area contributed by atoms with Crippen molar-refractivity contribution in [3.63, 3.8) is 0 Å². The average molecular weight is 261 g/mol. The first-order valence-corrected chi connectivity index (χ1v) is 5.54. The minimum Gasteiger partial charge on any atom is -0.322 e. The normalized spacial score (nSPS) is 11.4. The average Bonchev–Trinajstić information content (AvgIpc) is 2.17. The van der Waals surface area contributed by atoms with E-state index in [1.807, 2.05) is 6.92 Å². The molecule has 1 aromatic carbocycles. The number of amides is 1. The second-order valence-corrected chi connectivity index (χ2v) is 5.01. The predicted octanol–water partition coefficient (Wildman–Crippen LogP) is 2.98. The molecule has 0 atom stereocenters. The van der Waals surface area contributed by atoms with Crippen LogP contribution >= 0.6 is 23.2 Å². The van der Waals surface area contributed by atoms with Gasteiger partial charge in [-0.05, 0) is 32.4 Å². The Balaban J connectivity index is 3.07. The van der Waals surface area contributed by atoms with Gasteiger partial charge in [-0.25, -0.2) is 0 Å². The predicted molar refractivity (Wildman–Crippen MR) is 68.1 cm³/mol. The summed E-state index contributed by atoms with van der Waals surface area (Å²) in [5.74, 6) is -0.332. The fourth-order valence-corrected chi connectivity index (χ4v) is 1.51. The maximum atomic E-state index is 11.7. The molecule has 88 valence electrons. The molecule has 0 heterocycles. The Hall–Kier alpha value is -0.770. The number of benzene rings is 1. The molecule has 0 aliphatic rings. The molecule has 3 N–H and O–H groups in total. The van der Waals surface area contributed by atoms with Crippen molar-refractivity contribution in [3.05, 3.63) is 27.7 Å². The number of halogens is 2. The van der Waals surface area contributed by atoms with Crippen LogP contribution in [0.3, 0.4) is 0 Å². The second-order valence-electron chi connectivity index (χ2n) is 4.23. The molecule has 0 fully saturated rings. The van der Waals surface area contributed by atoms with Gasteiger partial charge in [0.05, 0.1) is 21.3 Å². The highest BCUT2D eigenvalue weighted by molar-refractivity contribution is 6.40. The number of aryl methyl sites for hydroxylation is 1. The molecule has 0 saturated heterocycles. The van der Waals surface area contributed by atoms with E-state index in [9.17, 15) is 4.79 Å². The zero-order chi connectivity index (χ0) is 12.5. The lowest BCUT2D eigenvalue weighted by atomic mass is 10.1. The number of nitrogens with two attached hydrogens (primary N) is 1. The number of carbonyl (C=O) groups excluding carboxylic acids is 1. The molecule has 0 spiro atoms. The number of carbonyl (C=O) groups is 1. The summed E-state index contributed by atoms with van der Waals surface area (Å²) in [4.78, 5) is 11.7. The monoisotopic (exact) mass is 260 g/mol. The molecule has 3 nitrogen and oxygen atoms in total. The van der Waals surface area contributed by atoms with Crippen LogP contribution in [0, 0.1) is 6.92 Å². The van der Waals surface area contributed by atoms with Gasteiger partial charge in [0, 0.05) is 0 Å². The Morgan fingerprint density at radius 2 is 1.94 bits per heavy atom. The van der Waals surface area contributed by atoms with Crippen LogP contribution in [-0.4, -0.2) is 11.4 Å². The second kappa shape index (κ2) is 4.62. The van der Waals surface area contributed by atoms with Crippen molar-refractivity contribution < 1.29 is 4.79 Å². The maximum Gasteiger partial charge on any atom is 0.243 e. The summed E-state index contributed by atoms with van der Waals surface area (Å²) in [7, 11) is 0. The van der Waals surface area contributed by atoms with Gasteiger partial charge in [-0.1, -0.05) is 29.3 Å². The van der Waals surface area contributed by atoms with Crippen LogP contribution in [0.2, 0.25) is 10.0 Å². The van der Waals surface area contributed by atoms with Gasteiger partial charge >= 0.3 is 0 Å². The third-order valence-electron chi connectivity index (χ3n) is 2.11. The van der Waals surface area contributed by atoms with E-state index in [1.54, 1.807) is 26.0 Å². The molecule has 16 heavy (non-hydrogen) atoms. The van der Waals surface area contributed by atoms with E-state index in [0.717, 1.165) is 5.56 Å². The first-order valence-electron chi connectivity index (χ1n) is 4.78. The number of hydrogen-bond acceptors (Lipinski definition) is 2. The van der Waals surface area contributed by atoms with E-state index >= 15 is 0 Å². The Morgan fingerprint density at radius 1 is 1.38 bits per heavy atom. The highest BCUT2D eigenvalue weighted by atomic mass is 35.5. The van der Waals surface area contributed by atoms with Crippen LogP contribution in [0.25, 0.3) is 0 Å². The van der Waals surface area contributed by atoms with Gasteiger partial charge in [-0.2, -0.15) is 0 Å². The van der Waals surface area contributed by atoms with E-state index in [-0.39, 0.29) is 5.91 Å². The standard InChI is InChI=1S/C11H14Cl2N2O/c1-6-4-5-7(12)9(8(6)13)15-10(16)11(2,3)14/h4-5H,14H2,1-3H3,(H,15,16). The van der Waals surface area contributed by atoms with Gasteiger partial charge < -0.3 is 11.1 Å². The zero-order valence-electron chi connectivity index (χ0n) is 9.40.